The summed E-state index contributed by atoms with van der Waals surface area (Å²) in [6.07, 6.45) is 1.26. The van der Waals surface area contributed by atoms with Crippen LogP contribution in [0.3, 0.4) is 0 Å². The zero-order chi connectivity index (χ0) is 17.7. The van der Waals surface area contributed by atoms with Gasteiger partial charge in [0, 0.05) is 16.9 Å². The number of carbonyl (C=O) groups is 1. The molecular formula is C16H17O6PS. The molecule has 24 heavy (non-hydrogen) atoms. The number of hydrogen-bond donors (Lipinski definition) is 4. The molecule has 0 radical (unpaired) electrons. The van der Waals surface area contributed by atoms with Crippen LogP contribution in [0.4, 0.5) is 0 Å². The van der Waals surface area contributed by atoms with Crippen LogP contribution in [0, 0.1) is 0 Å². The number of phenols is 2. The van der Waals surface area contributed by atoms with E-state index < -0.39 is 6.80 Å². The van der Waals surface area contributed by atoms with Crippen LogP contribution >= 0.6 is 18.2 Å². The third-order valence-electron chi connectivity index (χ3n) is 3.26. The summed E-state index contributed by atoms with van der Waals surface area (Å²) in [6.45, 7) is -4.39. The fourth-order valence-corrected chi connectivity index (χ4v) is 4.15. The zero-order valence-electron chi connectivity index (χ0n) is 12.6. The summed E-state index contributed by atoms with van der Waals surface area (Å²) < 4.78 is 11.2. The summed E-state index contributed by atoms with van der Waals surface area (Å²) in [7, 11) is 0. The lowest BCUT2D eigenvalue weighted by Crippen LogP contribution is -2.02. The standard InChI is InChI=1S/C16H17O6PS/c17-12-5-1-3-11(9-12)4-2-6-15(19)14-10-13(18)7-8-16(14)24-23(20,21)22/h1,3,5,7-10,17-18H,2,4,6H2,(H2,20,21,22). The SMILES string of the molecule is O=C(CCCc1cccc(O)c1)c1cc(O)ccc1SP(=O)(O)O. The van der Waals surface area contributed by atoms with E-state index in [-0.39, 0.29) is 34.2 Å². The minimum Gasteiger partial charge on any atom is -0.508 e. The largest absolute Gasteiger partial charge is 0.508 e. The van der Waals surface area contributed by atoms with Gasteiger partial charge in [0.05, 0.1) is 0 Å². The molecule has 2 aromatic carbocycles. The molecule has 0 fully saturated rings. The Kier molecular flexibility index (Phi) is 6.07. The second-order valence-electron chi connectivity index (χ2n) is 5.21. The Hall–Kier alpha value is -1.79. The topological polar surface area (TPSA) is 115 Å². The van der Waals surface area contributed by atoms with Crippen LogP contribution in [-0.2, 0) is 11.0 Å². The van der Waals surface area contributed by atoms with E-state index in [1.807, 2.05) is 6.07 Å². The second-order valence-corrected chi connectivity index (χ2v) is 8.79. The molecule has 0 heterocycles. The van der Waals surface area contributed by atoms with E-state index in [0.29, 0.717) is 24.2 Å². The molecule has 0 aromatic heterocycles. The van der Waals surface area contributed by atoms with Crippen molar-refractivity contribution in [2.24, 2.45) is 0 Å². The lowest BCUT2D eigenvalue weighted by atomic mass is 10.0. The Morgan fingerprint density at radius 3 is 2.42 bits per heavy atom. The average molecular weight is 368 g/mol. The molecule has 4 N–H and O–H groups in total. The molecule has 0 amide bonds. The molecule has 2 rings (SSSR count). The van der Waals surface area contributed by atoms with Gasteiger partial charge in [0.15, 0.2) is 5.78 Å². The third kappa shape index (κ3) is 5.69. The van der Waals surface area contributed by atoms with Crippen LogP contribution in [0.25, 0.3) is 0 Å². The third-order valence-corrected chi connectivity index (χ3v) is 5.35. The number of Topliss-reactive ketones (excluding diaryl/α,β-unsaturated/α-hetero) is 1. The van der Waals surface area contributed by atoms with Crippen LogP contribution < -0.4 is 0 Å². The van der Waals surface area contributed by atoms with Gasteiger partial charge in [0.25, 0.3) is 0 Å². The Balaban J connectivity index is 2.06. The number of ketones is 1. The highest BCUT2D eigenvalue weighted by atomic mass is 32.7. The molecule has 0 saturated heterocycles. The van der Waals surface area contributed by atoms with Crippen molar-refractivity contribution in [3.8, 4) is 11.5 Å². The summed E-state index contributed by atoms with van der Waals surface area (Å²) in [5.74, 6) is -0.282. The van der Waals surface area contributed by atoms with Crippen molar-refractivity contribution in [3.05, 3.63) is 53.6 Å². The molecule has 128 valence electrons. The van der Waals surface area contributed by atoms with Gasteiger partial charge in [-0.15, -0.1) is 0 Å². The highest BCUT2D eigenvalue weighted by Gasteiger charge is 2.21. The average Bonchev–Trinajstić information content (AvgIpc) is 2.47. The van der Waals surface area contributed by atoms with Gasteiger partial charge in [0.2, 0.25) is 0 Å². The van der Waals surface area contributed by atoms with Crippen LogP contribution in [0.5, 0.6) is 11.5 Å². The Morgan fingerprint density at radius 1 is 1.04 bits per heavy atom. The minimum absolute atomic E-state index is 0.0965. The fourth-order valence-electron chi connectivity index (χ4n) is 2.24. The molecule has 2 aromatic rings. The number of phenolic OH excluding ortho intramolecular Hbond substituents is 2. The van der Waals surface area contributed by atoms with Gasteiger partial charge in [-0.3, -0.25) is 4.79 Å². The number of carbonyl (C=O) groups excluding carboxylic acids is 1. The highest BCUT2D eigenvalue weighted by molar-refractivity contribution is 8.54. The quantitative estimate of drug-likeness (QED) is 0.437. The molecule has 0 saturated carbocycles. The molecule has 8 heteroatoms. The van der Waals surface area contributed by atoms with Crippen LogP contribution in [-0.4, -0.2) is 25.8 Å². The van der Waals surface area contributed by atoms with E-state index in [9.17, 15) is 19.6 Å². The number of aromatic hydroxyl groups is 2. The van der Waals surface area contributed by atoms with Crippen molar-refractivity contribution in [3.63, 3.8) is 0 Å². The van der Waals surface area contributed by atoms with E-state index in [4.69, 9.17) is 9.79 Å². The minimum atomic E-state index is -4.39. The lowest BCUT2D eigenvalue weighted by molar-refractivity contribution is 0.0977. The van der Waals surface area contributed by atoms with Gasteiger partial charge in [-0.2, -0.15) is 0 Å². The van der Waals surface area contributed by atoms with Crippen LogP contribution in [0.1, 0.15) is 28.8 Å². The molecule has 0 atom stereocenters. The smallest absolute Gasteiger partial charge is 0.388 e. The summed E-state index contributed by atoms with van der Waals surface area (Å²) in [5.41, 5.74) is 0.989. The Morgan fingerprint density at radius 2 is 1.75 bits per heavy atom. The monoisotopic (exact) mass is 368 g/mol. The van der Waals surface area contributed by atoms with Crippen molar-refractivity contribution < 1.29 is 29.4 Å². The van der Waals surface area contributed by atoms with Crippen molar-refractivity contribution in [2.75, 3.05) is 0 Å². The summed E-state index contributed by atoms with van der Waals surface area (Å²) in [6, 6.07) is 10.6. The number of hydrogen-bond acceptors (Lipinski definition) is 5. The summed E-state index contributed by atoms with van der Waals surface area (Å²) in [5, 5.41) is 18.9. The van der Waals surface area contributed by atoms with Crippen molar-refractivity contribution in [1.82, 2.24) is 0 Å². The van der Waals surface area contributed by atoms with Gasteiger partial charge < -0.3 is 20.0 Å². The Labute approximate surface area is 143 Å². The number of benzene rings is 2. The molecular weight excluding hydrogens is 351 g/mol. The van der Waals surface area contributed by atoms with Crippen LogP contribution in [0.15, 0.2) is 47.4 Å². The molecule has 0 aliphatic heterocycles. The van der Waals surface area contributed by atoms with Gasteiger partial charge in [-0.05, 0) is 60.1 Å². The predicted octanol–water partition coefficient (Wildman–Crippen LogP) is 3.49. The number of rotatable bonds is 7. The van der Waals surface area contributed by atoms with E-state index >= 15 is 0 Å². The van der Waals surface area contributed by atoms with Gasteiger partial charge in [0.1, 0.15) is 11.5 Å². The maximum Gasteiger partial charge on any atom is 0.388 e. The fraction of sp³-hybridized carbons (Fsp3) is 0.188. The first kappa shape index (κ1) is 18.5. The maximum atomic E-state index is 12.3. The first-order chi connectivity index (χ1) is 11.2. The van der Waals surface area contributed by atoms with Crippen molar-refractivity contribution in [2.45, 2.75) is 24.2 Å². The van der Waals surface area contributed by atoms with Gasteiger partial charge in [-0.25, -0.2) is 4.57 Å². The maximum absolute atomic E-state index is 12.3. The normalized spacial score (nSPS) is 11.4. The molecule has 0 spiro atoms. The molecule has 0 unspecified atom stereocenters. The zero-order valence-corrected chi connectivity index (χ0v) is 14.3. The van der Waals surface area contributed by atoms with E-state index in [1.165, 1.54) is 18.2 Å². The Bertz CT molecular complexity index is 786. The van der Waals surface area contributed by atoms with E-state index in [1.54, 1.807) is 18.2 Å². The number of aryl methyl sites for hydroxylation is 1. The second kappa shape index (κ2) is 7.85. The van der Waals surface area contributed by atoms with Crippen molar-refractivity contribution >= 4 is 24.0 Å². The molecule has 6 nitrogen and oxygen atoms in total. The van der Waals surface area contributed by atoms with E-state index in [0.717, 1.165) is 5.56 Å². The first-order valence-electron chi connectivity index (χ1n) is 7.14. The van der Waals surface area contributed by atoms with Crippen LogP contribution in [0.2, 0.25) is 0 Å². The molecule has 0 aliphatic carbocycles. The van der Waals surface area contributed by atoms with E-state index in [2.05, 4.69) is 0 Å². The van der Waals surface area contributed by atoms with Gasteiger partial charge >= 0.3 is 6.80 Å². The molecule has 0 aliphatic rings. The summed E-state index contributed by atoms with van der Waals surface area (Å²) >= 11 is 0.298. The lowest BCUT2D eigenvalue weighted by Gasteiger charge is -2.10. The molecule has 0 bridgehead atoms. The first-order valence-corrected chi connectivity index (χ1v) is 10.2. The van der Waals surface area contributed by atoms with Crippen molar-refractivity contribution in [1.29, 1.82) is 0 Å². The predicted molar refractivity (Wildman–Crippen MR) is 91.4 cm³/mol. The van der Waals surface area contributed by atoms with Gasteiger partial charge in [-0.1, -0.05) is 12.1 Å². The highest BCUT2D eigenvalue weighted by Crippen LogP contribution is 2.55. The summed E-state index contributed by atoms with van der Waals surface area (Å²) in [4.78, 5) is 30.6.